The molecule has 0 saturated heterocycles. The zero-order chi connectivity index (χ0) is 54.3. The van der Waals surface area contributed by atoms with E-state index in [-0.39, 0.29) is 18.5 Å². The number of allylic oxidation sites excluding steroid dienone is 6. The molecular weight excluding hydrogens is 923 g/mol. The van der Waals surface area contributed by atoms with Gasteiger partial charge in [0, 0.05) is 12.8 Å². The van der Waals surface area contributed by atoms with Crippen LogP contribution in [-0.2, 0) is 14.3 Å². The van der Waals surface area contributed by atoms with E-state index in [1.165, 1.54) is 283 Å². The lowest BCUT2D eigenvalue weighted by Gasteiger charge is -2.22. The molecule has 0 rings (SSSR count). The van der Waals surface area contributed by atoms with E-state index in [1.54, 1.807) is 0 Å². The predicted molar refractivity (Wildman–Crippen MR) is 329 cm³/mol. The van der Waals surface area contributed by atoms with Gasteiger partial charge in [-0.3, -0.25) is 9.59 Å². The highest BCUT2D eigenvalue weighted by Gasteiger charge is 2.20. The standard InChI is InChI=1S/C69H131NO5/c1-3-5-7-9-11-13-14-15-16-33-37-40-43-47-51-55-59-63-69(74)75-64-60-56-52-48-44-41-38-35-32-30-28-26-24-22-20-18-17-19-21-23-25-27-29-31-34-36-39-42-46-50-54-58-62-68(73)70-66(65-71)67(72)61-57-53-49-45-12-10-8-6-4-2/h11,13,15-16,20,22,66-67,71-72H,3-10,12,14,17-19,21,23-65H2,1-2H3,(H,70,73)/b13-11-,16-15-,22-20-. The summed E-state index contributed by atoms with van der Waals surface area (Å²) in [4.78, 5) is 24.5. The Labute approximate surface area is 468 Å². The molecule has 75 heavy (non-hydrogen) atoms. The van der Waals surface area contributed by atoms with Crippen LogP contribution in [0.2, 0.25) is 0 Å². The predicted octanol–water partition coefficient (Wildman–Crippen LogP) is 21.5. The first kappa shape index (κ1) is 73.1. The van der Waals surface area contributed by atoms with Crippen LogP contribution in [0, 0.1) is 0 Å². The molecule has 0 radical (unpaired) electrons. The Morgan fingerprint density at radius 1 is 0.373 bits per heavy atom. The van der Waals surface area contributed by atoms with Crippen molar-refractivity contribution in [3.8, 4) is 0 Å². The number of amides is 1. The molecule has 0 aromatic carbocycles. The number of esters is 1. The van der Waals surface area contributed by atoms with Gasteiger partial charge >= 0.3 is 5.97 Å². The third kappa shape index (κ3) is 61.2. The van der Waals surface area contributed by atoms with Crippen molar-refractivity contribution in [3.63, 3.8) is 0 Å². The molecule has 0 aliphatic carbocycles. The van der Waals surface area contributed by atoms with Gasteiger partial charge in [-0.25, -0.2) is 0 Å². The summed E-state index contributed by atoms with van der Waals surface area (Å²) in [6.45, 7) is 4.92. The molecule has 0 fully saturated rings. The molecule has 2 atom stereocenters. The largest absolute Gasteiger partial charge is 0.466 e. The average molecular weight is 1050 g/mol. The average Bonchev–Trinajstić information content (AvgIpc) is 3.41. The second-order valence-corrected chi connectivity index (χ2v) is 23.1. The summed E-state index contributed by atoms with van der Waals surface area (Å²) in [5.74, 6) is -0.0232. The van der Waals surface area contributed by atoms with Crippen molar-refractivity contribution >= 4 is 11.9 Å². The van der Waals surface area contributed by atoms with Crippen molar-refractivity contribution < 1.29 is 24.5 Å². The fourth-order valence-corrected chi connectivity index (χ4v) is 10.5. The van der Waals surface area contributed by atoms with Crippen molar-refractivity contribution in [2.45, 2.75) is 379 Å². The molecule has 0 bridgehead atoms. The third-order valence-electron chi connectivity index (χ3n) is 15.7. The molecule has 0 aromatic rings. The highest BCUT2D eigenvalue weighted by Crippen LogP contribution is 2.18. The molecule has 0 heterocycles. The lowest BCUT2D eigenvalue weighted by molar-refractivity contribution is -0.143. The summed E-state index contributed by atoms with van der Waals surface area (Å²) in [5, 5.41) is 23.1. The lowest BCUT2D eigenvalue weighted by Crippen LogP contribution is -2.45. The summed E-state index contributed by atoms with van der Waals surface area (Å²) in [5.41, 5.74) is 0. The number of carbonyl (C=O) groups excluding carboxylic acids is 2. The van der Waals surface area contributed by atoms with Crippen LogP contribution in [0.15, 0.2) is 36.5 Å². The zero-order valence-electron chi connectivity index (χ0n) is 50.5. The first-order valence-electron chi connectivity index (χ1n) is 33.7. The number of unbranched alkanes of at least 4 members (excludes halogenated alkanes) is 46. The number of aliphatic hydroxyl groups is 2. The number of aliphatic hydroxyl groups excluding tert-OH is 2. The van der Waals surface area contributed by atoms with E-state index in [2.05, 4.69) is 55.6 Å². The van der Waals surface area contributed by atoms with Gasteiger partial charge in [0.2, 0.25) is 5.91 Å². The molecule has 6 heteroatoms. The fraction of sp³-hybridized carbons (Fsp3) is 0.884. The Kier molecular flexibility index (Phi) is 63.0. The molecule has 0 aliphatic rings. The van der Waals surface area contributed by atoms with E-state index in [0.29, 0.717) is 25.9 Å². The number of hydrogen-bond acceptors (Lipinski definition) is 5. The van der Waals surface area contributed by atoms with E-state index in [9.17, 15) is 19.8 Å². The quantitative estimate of drug-likeness (QED) is 0.0320. The van der Waals surface area contributed by atoms with Gasteiger partial charge in [-0.05, 0) is 83.5 Å². The van der Waals surface area contributed by atoms with E-state index >= 15 is 0 Å². The highest BCUT2D eigenvalue weighted by molar-refractivity contribution is 5.76. The van der Waals surface area contributed by atoms with Gasteiger partial charge in [0.25, 0.3) is 0 Å². The third-order valence-corrected chi connectivity index (χ3v) is 15.7. The Morgan fingerprint density at radius 2 is 0.667 bits per heavy atom. The van der Waals surface area contributed by atoms with Crippen LogP contribution in [0.25, 0.3) is 0 Å². The van der Waals surface area contributed by atoms with E-state index in [4.69, 9.17) is 4.74 Å². The van der Waals surface area contributed by atoms with Crippen LogP contribution in [0.5, 0.6) is 0 Å². The molecule has 0 saturated carbocycles. The van der Waals surface area contributed by atoms with Gasteiger partial charge in [-0.1, -0.05) is 307 Å². The van der Waals surface area contributed by atoms with Gasteiger partial charge in [-0.2, -0.15) is 0 Å². The Morgan fingerprint density at radius 3 is 1.05 bits per heavy atom. The second kappa shape index (κ2) is 64.6. The number of ether oxygens (including phenoxy) is 1. The van der Waals surface area contributed by atoms with Crippen molar-refractivity contribution in [1.29, 1.82) is 0 Å². The monoisotopic (exact) mass is 1050 g/mol. The molecule has 0 aromatic heterocycles. The maximum atomic E-state index is 12.4. The van der Waals surface area contributed by atoms with Gasteiger partial charge in [-0.15, -0.1) is 0 Å². The first-order chi connectivity index (χ1) is 37.0. The van der Waals surface area contributed by atoms with E-state index in [1.807, 2.05) is 0 Å². The van der Waals surface area contributed by atoms with Gasteiger partial charge in [0.05, 0.1) is 25.4 Å². The normalized spacial score (nSPS) is 12.7. The van der Waals surface area contributed by atoms with Gasteiger partial charge < -0.3 is 20.3 Å². The minimum absolute atomic E-state index is 0.0105. The van der Waals surface area contributed by atoms with Crippen LogP contribution < -0.4 is 5.32 Å². The van der Waals surface area contributed by atoms with Gasteiger partial charge in [0.15, 0.2) is 0 Å². The van der Waals surface area contributed by atoms with Crippen molar-refractivity contribution in [3.05, 3.63) is 36.5 Å². The van der Waals surface area contributed by atoms with E-state index < -0.39 is 12.1 Å². The fourth-order valence-electron chi connectivity index (χ4n) is 10.5. The molecule has 2 unspecified atom stereocenters. The zero-order valence-corrected chi connectivity index (χ0v) is 50.5. The molecule has 3 N–H and O–H groups in total. The van der Waals surface area contributed by atoms with Crippen molar-refractivity contribution in [2.24, 2.45) is 0 Å². The molecular formula is C69H131NO5. The van der Waals surface area contributed by atoms with Crippen molar-refractivity contribution in [2.75, 3.05) is 13.2 Å². The lowest BCUT2D eigenvalue weighted by atomic mass is 10.0. The molecule has 1 amide bonds. The Bertz CT molecular complexity index is 1210. The molecule has 0 spiro atoms. The number of hydrogen-bond donors (Lipinski definition) is 3. The van der Waals surface area contributed by atoms with Crippen LogP contribution in [0.3, 0.4) is 0 Å². The van der Waals surface area contributed by atoms with Gasteiger partial charge in [0.1, 0.15) is 0 Å². The molecule has 442 valence electrons. The van der Waals surface area contributed by atoms with Crippen molar-refractivity contribution in [1.82, 2.24) is 5.32 Å². The number of carbonyl (C=O) groups is 2. The molecule has 0 aliphatic heterocycles. The summed E-state index contributed by atoms with van der Waals surface area (Å²) < 4.78 is 5.50. The minimum atomic E-state index is -0.660. The Balaban J connectivity index is 3.32. The van der Waals surface area contributed by atoms with E-state index in [0.717, 1.165) is 51.4 Å². The number of rotatable bonds is 63. The van der Waals surface area contributed by atoms with Crippen LogP contribution >= 0.6 is 0 Å². The first-order valence-corrected chi connectivity index (χ1v) is 33.7. The second-order valence-electron chi connectivity index (χ2n) is 23.1. The summed E-state index contributed by atoms with van der Waals surface area (Å²) in [6.07, 6.45) is 82.0. The smallest absolute Gasteiger partial charge is 0.305 e. The number of nitrogens with one attached hydrogen (secondary N) is 1. The summed E-state index contributed by atoms with van der Waals surface area (Å²) in [7, 11) is 0. The van der Waals surface area contributed by atoms with Crippen LogP contribution in [0.4, 0.5) is 0 Å². The Hall–Kier alpha value is -1.92. The summed E-state index contributed by atoms with van der Waals surface area (Å²) in [6, 6.07) is -0.537. The summed E-state index contributed by atoms with van der Waals surface area (Å²) >= 11 is 0. The molecule has 6 nitrogen and oxygen atoms in total. The maximum Gasteiger partial charge on any atom is 0.305 e. The minimum Gasteiger partial charge on any atom is -0.466 e. The van der Waals surface area contributed by atoms with Crippen LogP contribution in [-0.4, -0.2) is 47.4 Å². The van der Waals surface area contributed by atoms with Crippen LogP contribution in [0.1, 0.15) is 367 Å². The SMILES string of the molecule is CCCCC/C=C\C/C=C\CCCCCCCCCC(=O)OCCCCCCCCCCCCCC/C=C\CCCCCCCCCCCCCCCCCCC(=O)NC(CO)C(O)CCCCCCCCCCC. The highest BCUT2D eigenvalue weighted by atomic mass is 16.5. The topological polar surface area (TPSA) is 95.9 Å². The maximum absolute atomic E-state index is 12.4.